The maximum atomic E-state index is 13.5. The van der Waals surface area contributed by atoms with E-state index in [1.54, 1.807) is 6.07 Å². The first-order chi connectivity index (χ1) is 19.0. The largest absolute Gasteiger partial charge is 0.317 e. The van der Waals surface area contributed by atoms with Crippen LogP contribution < -0.4 is 9.73 Å². The van der Waals surface area contributed by atoms with Gasteiger partial charge in [0.15, 0.2) is 0 Å². The molecule has 0 fully saturated rings. The van der Waals surface area contributed by atoms with E-state index in [9.17, 15) is 23.3 Å². The molecule has 4 rings (SSSR count). The molecule has 0 bridgehead atoms. The molecule has 0 aliphatic carbocycles. The van der Waals surface area contributed by atoms with Gasteiger partial charge in [0, 0.05) is 23.0 Å². The quantitative estimate of drug-likeness (QED) is 0.176. The summed E-state index contributed by atoms with van der Waals surface area (Å²) in [7, 11) is -4.32. The molecule has 0 atom stereocenters. The van der Waals surface area contributed by atoms with Crippen molar-refractivity contribution in [1.29, 1.82) is 0 Å². The zero-order valence-corrected chi connectivity index (χ0v) is 23.3. The molecule has 4 aromatic rings. The lowest BCUT2D eigenvalue weighted by atomic mass is 10.1. The van der Waals surface area contributed by atoms with Crippen LogP contribution in [0, 0.1) is 37.8 Å². The average molecular weight is 560 g/mol. The lowest BCUT2D eigenvalue weighted by Gasteiger charge is -2.23. The van der Waals surface area contributed by atoms with Crippen molar-refractivity contribution < 1.29 is 18.1 Å². The molecule has 10 nitrogen and oxygen atoms in total. The number of amides is 1. The van der Waals surface area contributed by atoms with E-state index in [0.717, 1.165) is 38.1 Å². The molecular formula is C29H29N5O5S. The van der Waals surface area contributed by atoms with Crippen molar-refractivity contribution in [1.82, 2.24) is 9.99 Å². The van der Waals surface area contributed by atoms with Gasteiger partial charge in [-0.15, -0.1) is 0 Å². The van der Waals surface area contributed by atoms with Crippen molar-refractivity contribution >= 4 is 33.5 Å². The van der Waals surface area contributed by atoms with Crippen molar-refractivity contribution in [3.05, 3.63) is 117 Å². The monoisotopic (exact) mass is 559 g/mol. The first-order valence-electron chi connectivity index (χ1n) is 12.4. The van der Waals surface area contributed by atoms with Crippen LogP contribution in [0.4, 0.5) is 11.4 Å². The fourth-order valence-electron chi connectivity index (χ4n) is 4.61. The van der Waals surface area contributed by atoms with E-state index in [0.29, 0.717) is 0 Å². The van der Waals surface area contributed by atoms with Gasteiger partial charge in [-0.2, -0.15) is 5.10 Å². The second-order valence-corrected chi connectivity index (χ2v) is 11.1. The minimum absolute atomic E-state index is 0.108. The standard InChI is InChI=1S/C29H29N5O5S/c1-20-11-10-12-21(2)29(20)33-22(3)17-24(23(33)4)18-30-31-28(35)19-32(26-15-8-9-16-27(26)34(36)37)40(38,39)25-13-6-5-7-14-25/h5-18H,19H2,1-4H3,(H,31,35). The van der Waals surface area contributed by atoms with Gasteiger partial charge in [0.1, 0.15) is 12.2 Å². The van der Waals surface area contributed by atoms with Crippen LogP contribution >= 0.6 is 0 Å². The third-order valence-electron chi connectivity index (χ3n) is 6.49. The molecular weight excluding hydrogens is 530 g/mol. The van der Waals surface area contributed by atoms with Crippen molar-refractivity contribution in [2.45, 2.75) is 32.6 Å². The van der Waals surface area contributed by atoms with Gasteiger partial charge in [-0.25, -0.2) is 18.1 Å². The number of aryl methyl sites for hydroxylation is 3. The van der Waals surface area contributed by atoms with Crippen molar-refractivity contribution in [2.24, 2.45) is 5.10 Å². The van der Waals surface area contributed by atoms with Crippen LogP contribution in [0.3, 0.4) is 0 Å². The van der Waals surface area contributed by atoms with Gasteiger partial charge in [0.25, 0.3) is 21.6 Å². The summed E-state index contributed by atoms with van der Waals surface area (Å²) in [6.45, 7) is 7.29. The minimum Gasteiger partial charge on any atom is -0.317 e. The number of sulfonamides is 1. The SMILES string of the molecule is Cc1cccc(C)c1-n1c(C)cc(C=NNC(=O)CN(c2ccccc2[N+](=O)[O-])S(=O)(=O)c2ccccc2)c1C. The Morgan fingerprint density at radius 1 is 0.975 bits per heavy atom. The molecule has 0 aliphatic rings. The molecule has 1 heterocycles. The molecule has 3 aromatic carbocycles. The van der Waals surface area contributed by atoms with Crippen LogP contribution in [-0.4, -0.2) is 36.6 Å². The number of carbonyl (C=O) groups excluding carboxylic acids is 1. The van der Waals surface area contributed by atoms with Gasteiger partial charge in [-0.1, -0.05) is 48.5 Å². The third kappa shape index (κ3) is 5.64. The van der Waals surface area contributed by atoms with Gasteiger partial charge >= 0.3 is 0 Å². The van der Waals surface area contributed by atoms with Crippen LogP contribution in [0.1, 0.15) is 28.1 Å². The van der Waals surface area contributed by atoms with Crippen LogP contribution in [0.25, 0.3) is 5.69 Å². The third-order valence-corrected chi connectivity index (χ3v) is 8.27. The number of nitrogens with one attached hydrogen (secondary N) is 1. The number of hydrogen-bond acceptors (Lipinski definition) is 6. The molecule has 0 saturated heterocycles. The Morgan fingerprint density at radius 2 is 1.60 bits per heavy atom. The van der Waals surface area contributed by atoms with E-state index in [2.05, 4.69) is 15.1 Å². The van der Waals surface area contributed by atoms with Gasteiger partial charge in [0.2, 0.25) is 0 Å². The number of aromatic nitrogens is 1. The number of nitro groups is 1. The summed E-state index contributed by atoms with van der Waals surface area (Å²) in [5, 5.41) is 15.7. The van der Waals surface area contributed by atoms with E-state index >= 15 is 0 Å². The summed E-state index contributed by atoms with van der Waals surface area (Å²) in [4.78, 5) is 23.8. The summed E-state index contributed by atoms with van der Waals surface area (Å²) < 4.78 is 29.8. The number of anilines is 1. The number of nitrogens with zero attached hydrogens (tertiary/aromatic N) is 4. The predicted octanol–water partition coefficient (Wildman–Crippen LogP) is 4.96. The van der Waals surface area contributed by atoms with Crippen molar-refractivity contribution in [3.8, 4) is 5.69 Å². The molecule has 1 amide bonds. The highest BCUT2D eigenvalue weighted by Crippen LogP contribution is 2.32. The first kappa shape index (κ1) is 28.2. The molecule has 0 saturated carbocycles. The number of hydrazone groups is 1. The maximum Gasteiger partial charge on any atom is 0.293 e. The molecule has 1 N–H and O–H groups in total. The van der Waals surface area contributed by atoms with Gasteiger partial charge in [-0.05, 0) is 63.1 Å². The summed E-state index contributed by atoms with van der Waals surface area (Å²) >= 11 is 0. The van der Waals surface area contributed by atoms with Crippen molar-refractivity contribution in [2.75, 3.05) is 10.8 Å². The molecule has 0 aliphatic heterocycles. The Bertz CT molecular complexity index is 1690. The predicted molar refractivity (Wildman–Crippen MR) is 155 cm³/mol. The van der Waals surface area contributed by atoms with Gasteiger partial charge in [-0.3, -0.25) is 14.9 Å². The number of carbonyl (C=O) groups is 1. The van der Waals surface area contributed by atoms with E-state index < -0.39 is 33.1 Å². The average Bonchev–Trinajstić information content (AvgIpc) is 3.20. The second kappa shape index (κ2) is 11.5. The molecule has 0 unspecified atom stereocenters. The van der Waals surface area contributed by atoms with Gasteiger partial charge < -0.3 is 4.57 Å². The number of hydrogen-bond donors (Lipinski definition) is 1. The van der Waals surface area contributed by atoms with Crippen molar-refractivity contribution in [3.63, 3.8) is 0 Å². The summed E-state index contributed by atoms with van der Waals surface area (Å²) in [5.74, 6) is -0.766. The zero-order chi connectivity index (χ0) is 29.0. The molecule has 1 aromatic heterocycles. The Balaban J connectivity index is 1.61. The maximum absolute atomic E-state index is 13.5. The van der Waals surface area contributed by atoms with E-state index in [1.165, 1.54) is 54.7 Å². The molecule has 206 valence electrons. The highest BCUT2D eigenvalue weighted by atomic mass is 32.2. The van der Waals surface area contributed by atoms with E-state index in [1.807, 2.05) is 52.0 Å². The molecule has 0 spiro atoms. The highest BCUT2D eigenvalue weighted by molar-refractivity contribution is 7.92. The topological polar surface area (TPSA) is 127 Å². The van der Waals surface area contributed by atoms with Crippen LogP contribution in [0.2, 0.25) is 0 Å². The first-order valence-corrected chi connectivity index (χ1v) is 13.8. The van der Waals surface area contributed by atoms with Gasteiger partial charge in [0.05, 0.1) is 21.7 Å². The molecule has 0 radical (unpaired) electrons. The normalized spacial score (nSPS) is 11.5. The number of para-hydroxylation sites is 3. The summed E-state index contributed by atoms with van der Waals surface area (Å²) in [6, 6.07) is 20.8. The fourth-order valence-corrected chi connectivity index (χ4v) is 6.07. The second-order valence-electron chi connectivity index (χ2n) is 9.27. The summed E-state index contributed by atoms with van der Waals surface area (Å²) in [6.07, 6.45) is 1.49. The van der Waals surface area contributed by atoms with E-state index in [-0.39, 0.29) is 10.6 Å². The molecule has 11 heteroatoms. The molecule has 40 heavy (non-hydrogen) atoms. The number of rotatable bonds is 9. The number of nitro benzene ring substituents is 1. The smallest absolute Gasteiger partial charge is 0.293 e. The Hall–Kier alpha value is -4.77. The lowest BCUT2D eigenvalue weighted by molar-refractivity contribution is -0.384. The van der Waals surface area contributed by atoms with Crippen LogP contribution in [-0.2, 0) is 14.8 Å². The minimum atomic E-state index is -4.32. The summed E-state index contributed by atoms with van der Waals surface area (Å²) in [5.41, 5.74) is 7.68. The zero-order valence-electron chi connectivity index (χ0n) is 22.5. The Morgan fingerprint density at radius 3 is 2.25 bits per heavy atom. The Kier molecular flexibility index (Phi) is 8.15. The number of benzene rings is 3. The Labute approximate surface area is 232 Å². The van der Waals surface area contributed by atoms with Crippen LogP contribution in [0.15, 0.2) is 88.9 Å². The highest BCUT2D eigenvalue weighted by Gasteiger charge is 2.31. The lowest BCUT2D eigenvalue weighted by Crippen LogP contribution is -2.39. The fraction of sp³-hybridized carbons (Fsp3) is 0.172. The van der Waals surface area contributed by atoms with Crippen LogP contribution in [0.5, 0.6) is 0 Å². The van der Waals surface area contributed by atoms with E-state index in [4.69, 9.17) is 0 Å².